The van der Waals surface area contributed by atoms with Gasteiger partial charge in [0.25, 0.3) is 0 Å². The second-order valence-corrected chi connectivity index (χ2v) is 6.01. The molecule has 3 heteroatoms. The van der Waals surface area contributed by atoms with E-state index in [4.69, 9.17) is 4.74 Å². The van der Waals surface area contributed by atoms with E-state index in [1.807, 2.05) is 0 Å². The summed E-state index contributed by atoms with van der Waals surface area (Å²) in [6, 6.07) is 0.679. The number of ether oxygens (including phenoxy) is 1. The third-order valence-corrected chi connectivity index (χ3v) is 3.85. The van der Waals surface area contributed by atoms with Crippen LogP contribution in [0, 0.1) is 0 Å². The van der Waals surface area contributed by atoms with Gasteiger partial charge in [-0.25, -0.2) is 0 Å². The van der Waals surface area contributed by atoms with Crippen LogP contribution in [0.3, 0.4) is 0 Å². The van der Waals surface area contributed by atoms with Crippen LogP contribution in [0.5, 0.6) is 0 Å². The molecule has 0 aromatic rings. The monoisotopic (exact) mass is 226 g/mol. The maximum absolute atomic E-state index is 5.75. The van der Waals surface area contributed by atoms with Crippen LogP contribution in [-0.4, -0.2) is 48.8 Å². The second kappa shape index (κ2) is 5.03. The molecule has 0 spiro atoms. The van der Waals surface area contributed by atoms with Gasteiger partial charge in [-0.1, -0.05) is 0 Å². The van der Waals surface area contributed by atoms with Crippen molar-refractivity contribution in [2.24, 2.45) is 0 Å². The van der Waals surface area contributed by atoms with Crippen LogP contribution in [-0.2, 0) is 4.74 Å². The average molecular weight is 226 g/mol. The van der Waals surface area contributed by atoms with Crippen molar-refractivity contribution in [3.8, 4) is 0 Å². The molecule has 2 rings (SSSR count). The lowest BCUT2D eigenvalue weighted by Crippen LogP contribution is -2.49. The minimum atomic E-state index is 0.239. The standard InChI is InChI=1S/C13H26N2O/c1-11-6-7-14-13(2,3)10-15(11)9-12-5-4-8-16-12/h11-12,14H,4-10H2,1-3H3. The van der Waals surface area contributed by atoms with Crippen molar-refractivity contribution in [3.05, 3.63) is 0 Å². The Morgan fingerprint density at radius 1 is 1.38 bits per heavy atom. The molecule has 2 unspecified atom stereocenters. The van der Waals surface area contributed by atoms with Gasteiger partial charge >= 0.3 is 0 Å². The molecule has 94 valence electrons. The van der Waals surface area contributed by atoms with Crippen molar-refractivity contribution in [1.82, 2.24) is 10.2 Å². The summed E-state index contributed by atoms with van der Waals surface area (Å²) >= 11 is 0. The molecule has 2 saturated heterocycles. The fourth-order valence-electron chi connectivity index (χ4n) is 2.82. The van der Waals surface area contributed by atoms with Gasteiger partial charge in [-0.2, -0.15) is 0 Å². The van der Waals surface area contributed by atoms with Crippen LogP contribution in [0.15, 0.2) is 0 Å². The highest BCUT2D eigenvalue weighted by Gasteiger charge is 2.30. The lowest BCUT2D eigenvalue weighted by atomic mass is 10.0. The Morgan fingerprint density at radius 2 is 2.19 bits per heavy atom. The number of rotatable bonds is 2. The summed E-state index contributed by atoms with van der Waals surface area (Å²) < 4.78 is 5.75. The normalized spacial score (nSPS) is 36.2. The summed E-state index contributed by atoms with van der Waals surface area (Å²) in [5, 5.41) is 3.62. The van der Waals surface area contributed by atoms with Gasteiger partial charge in [-0.05, 0) is 46.6 Å². The van der Waals surface area contributed by atoms with E-state index in [2.05, 4.69) is 31.0 Å². The van der Waals surface area contributed by atoms with Crippen LogP contribution < -0.4 is 5.32 Å². The molecule has 0 aromatic heterocycles. The number of hydrogen-bond acceptors (Lipinski definition) is 3. The molecule has 2 heterocycles. The van der Waals surface area contributed by atoms with E-state index in [9.17, 15) is 0 Å². The first-order chi connectivity index (χ1) is 7.57. The number of nitrogens with zero attached hydrogens (tertiary/aromatic N) is 1. The van der Waals surface area contributed by atoms with Gasteiger partial charge in [0.05, 0.1) is 6.10 Å². The summed E-state index contributed by atoms with van der Waals surface area (Å²) in [6.45, 7) is 11.3. The van der Waals surface area contributed by atoms with Gasteiger partial charge in [-0.15, -0.1) is 0 Å². The molecule has 1 N–H and O–H groups in total. The predicted octanol–water partition coefficient (Wildman–Crippen LogP) is 1.63. The van der Waals surface area contributed by atoms with Gasteiger partial charge < -0.3 is 10.1 Å². The summed E-state index contributed by atoms with van der Waals surface area (Å²) in [5.41, 5.74) is 0.239. The highest BCUT2D eigenvalue weighted by Crippen LogP contribution is 2.19. The van der Waals surface area contributed by atoms with E-state index in [0.29, 0.717) is 12.1 Å². The highest BCUT2D eigenvalue weighted by atomic mass is 16.5. The van der Waals surface area contributed by atoms with Crippen molar-refractivity contribution in [2.45, 2.75) is 57.7 Å². The van der Waals surface area contributed by atoms with Crippen molar-refractivity contribution in [1.29, 1.82) is 0 Å². The van der Waals surface area contributed by atoms with Crippen LogP contribution in [0.4, 0.5) is 0 Å². The van der Waals surface area contributed by atoms with Crippen molar-refractivity contribution < 1.29 is 4.74 Å². The van der Waals surface area contributed by atoms with Crippen molar-refractivity contribution >= 4 is 0 Å². The number of hydrogen-bond donors (Lipinski definition) is 1. The lowest BCUT2D eigenvalue weighted by Gasteiger charge is -2.34. The van der Waals surface area contributed by atoms with Gasteiger partial charge in [0.1, 0.15) is 0 Å². The molecule has 2 aliphatic heterocycles. The van der Waals surface area contributed by atoms with E-state index < -0.39 is 0 Å². The van der Waals surface area contributed by atoms with Gasteiger partial charge in [-0.3, -0.25) is 4.90 Å². The van der Waals surface area contributed by atoms with E-state index in [1.165, 1.54) is 19.3 Å². The minimum absolute atomic E-state index is 0.239. The molecule has 0 amide bonds. The van der Waals surface area contributed by atoms with Crippen molar-refractivity contribution in [3.63, 3.8) is 0 Å². The summed E-state index contributed by atoms with van der Waals surface area (Å²) in [7, 11) is 0. The molecule has 0 saturated carbocycles. The third kappa shape index (κ3) is 3.19. The van der Waals surface area contributed by atoms with Crippen LogP contribution in [0.25, 0.3) is 0 Å². The van der Waals surface area contributed by atoms with E-state index in [0.717, 1.165) is 26.2 Å². The molecule has 3 nitrogen and oxygen atoms in total. The predicted molar refractivity (Wildman–Crippen MR) is 66.7 cm³/mol. The van der Waals surface area contributed by atoms with Crippen molar-refractivity contribution in [2.75, 3.05) is 26.2 Å². The van der Waals surface area contributed by atoms with E-state index in [-0.39, 0.29) is 5.54 Å². The molecular weight excluding hydrogens is 200 g/mol. The van der Waals surface area contributed by atoms with Gasteiger partial charge in [0.2, 0.25) is 0 Å². The zero-order chi connectivity index (χ0) is 11.6. The molecule has 2 atom stereocenters. The Labute approximate surface area is 99.5 Å². The van der Waals surface area contributed by atoms with Crippen LogP contribution in [0.1, 0.15) is 40.0 Å². The first kappa shape index (κ1) is 12.3. The Balaban J connectivity index is 1.93. The maximum atomic E-state index is 5.75. The Hall–Kier alpha value is -0.120. The van der Waals surface area contributed by atoms with Crippen LogP contribution >= 0.6 is 0 Å². The fourth-order valence-corrected chi connectivity index (χ4v) is 2.82. The first-order valence-corrected chi connectivity index (χ1v) is 6.67. The SMILES string of the molecule is CC1CCNC(C)(C)CN1CC1CCCO1. The van der Waals surface area contributed by atoms with Crippen LogP contribution in [0.2, 0.25) is 0 Å². The van der Waals surface area contributed by atoms with Gasteiger partial charge in [0.15, 0.2) is 0 Å². The topological polar surface area (TPSA) is 24.5 Å². The Kier molecular flexibility index (Phi) is 3.88. The molecular formula is C13H26N2O. The molecule has 0 bridgehead atoms. The molecule has 0 aromatic carbocycles. The highest BCUT2D eigenvalue weighted by molar-refractivity contribution is 4.89. The Morgan fingerprint density at radius 3 is 2.88 bits per heavy atom. The first-order valence-electron chi connectivity index (χ1n) is 6.67. The molecule has 0 radical (unpaired) electrons. The third-order valence-electron chi connectivity index (χ3n) is 3.85. The largest absolute Gasteiger partial charge is 0.377 e. The average Bonchev–Trinajstić information content (AvgIpc) is 2.64. The quantitative estimate of drug-likeness (QED) is 0.774. The zero-order valence-corrected chi connectivity index (χ0v) is 11.0. The van der Waals surface area contributed by atoms with Gasteiger partial charge in [0, 0.05) is 31.3 Å². The fraction of sp³-hybridized carbons (Fsp3) is 1.00. The lowest BCUT2D eigenvalue weighted by molar-refractivity contribution is 0.0546. The Bertz CT molecular complexity index is 224. The summed E-state index contributed by atoms with van der Waals surface area (Å²) in [6.07, 6.45) is 4.22. The summed E-state index contributed by atoms with van der Waals surface area (Å²) in [4.78, 5) is 2.61. The van der Waals surface area contributed by atoms with E-state index in [1.54, 1.807) is 0 Å². The minimum Gasteiger partial charge on any atom is -0.377 e. The molecule has 16 heavy (non-hydrogen) atoms. The summed E-state index contributed by atoms with van der Waals surface area (Å²) in [5.74, 6) is 0. The zero-order valence-electron chi connectivity index (χ0n) is 11.0. The molecule has 0 aliphatic carbocycles. The second-order valence-electron chi connectivity index (χ2n) is 6.01. The number of nitrogens with one attached hydrogen (secondary N) is 1. The molecule has 2 aliphatic rings. The van der Waals surface area contributed by atoms with E-state index >= 15 is 0 Å². The molecule has 2 fully saturated rings. The smallest absolute Gasteiger partial charge is 0.0702 e. The maximum Gasteiger partial charge on any atom is 0.0702 e.